The van der Waals surface area contributed by atoms with Crippen molar-refractivity contribution in [1.29, 1.82) is 0 Å². The van der Waals surface area contributed by atoms with Gasteiger partial charge in [0, 0.05) is 43.9 Å². The van der Waals surface area contributed by atoms with E-state index in [0.29, 0.717) is 109 Å². The normalized spacial score (nSPS) is 26.2. The molecule has 1 aromatic rings. The fourth-order valence-corrected chi connectivity index (χ4v) is 9.91. The largest absolute Gasteiger partial charge is 0.504 e. The third-order valence-electron chi connectivity index (χ3n) is 13.0. The average Bonchev–Trinajstić information content (AvgIpc) is 3.15. The van der Waals surface area contributed by atoms with E-state index in [9.17, 15) is 34.8 Å². The topological polar surface area (TPSA) is 196 Å². The first kappa shape index (κ1) is 43.2. The first-order valence-electron chi connectivity index (χ1n) is 20.9. The van der Waals surface area contributed by atoms with E-state index in [1.54, 1.807) is 20.0 Å². The summed E-state index contributed by atoms with van der Waals surface area (Å²) in [5.74, 6) is -0.714. The van der Waals surface area contributed by atoms with E-state index in [1.165, 1.54) is 6.92 Å². The number of phenolic OH excluding ortho intramolecular Hbond substituents is 1. The predicted octanol–water partition coefficient (Wildman–Crippen LogP) is 3.45. The zero-order valence-electron chi connectivity index (χ0n) is 33.3. The summed E-state index contributed by atoms with van der Waals surface area (Å²) >= 11 is 0. The number of esters is 2. The van der Waals surface area contributed by atoms with Crippen molar-refractivity contribution in [3.05, 3.63) is 23.3 Å². The summed E-state index contributed by atoms with van der Waals surface area (Å²) in [5.41, 5.74) is 0.113. The van der Waals surface area contributed by atoms with Crippen LogP contribution in [0.4, 0.5) is 0 Å². The lowest BCUT2D eigenvalue weighted by Crippen LogP contribution is -2.65. The number of fused-ring (bicyclic) bond motifs is 2. The predicted molar refractivity (Wildman–Crippen MR) is 206 cm³/mol. The van der Waals surface area contributed by atoms with Crippen LogP contribution < -0.4 is 20.7 Å². The first-order chi connectivity index (χ1) is 26.4. The minimum atomic E-state index is -1.12. The molecule has 5 rings (SSSR count). The van der Waals surface area contributed by atoms with Gasteiger partial charge < -0.3 is 50.6 Å². The Morgan fingerprint density at radius 1 is 1.05 bits per heavy atom. The number of nitrogens with one attached hydrogen (secondary N) is 3. The minimum absolute atomic E-state index is 0.0301. The highest BCUT2D eigenvalue weighted by atomic mass is 16.6. The van der Waals surface area contributed by atoms with Gasteiger partial charge >= 0.3 is 11.9 Å². The van der Waals surface area contributed by atoms with Crippen LogP contribution >= 0.6 is 0 Å². The number of rotatable bonds is 19. The van der Waals surface area contributed by atoms with Gasteiger partial charge in [-0.05, 0) is 133 Å². The number of aromatic hydroxyl groups is 1. The third-order valence-corrected chi connectivity index (χ3v) is 13.0. The van der Waals surface area contributed by atoms with Gasteiger partial charge in [0.2, 0.25) is 5.91 Å². The lowest BCUT2D eigenvalue weighted by Gasteiger charge is -2.49. The minimum Gasteiger partial charge on any atom is -0.504 e. The lowest BCUT2D eigenvalue weighted by atomic mass is 9.66. The molecular weight excluding hydrogens is 706 g/mol. The number of hydrogen-bond donors (Lipinski definition) is 7. The maximum Gasteiger partial charge on any atom is 0.332 e. The van der Waals surface area contributed by atoms with Gasteiger partial charge in [0.15, 0.2) is 11.5 Å². The van der Waals surface area contributed by atoms with Crippen LogP contribution in [0.1, 0.15) is 115 Å². The van der Waals surface area contributed by atoms with Gasteiger partial charge in [0.1, 0.15) is 17.7 Å². The summed E-state index contributed by atoms with van der Waals surface area (Å²) in [4.78, 5) is 40.8. The number of aliphatic hydroxyl groups is 3. The van der Waals surface area contributed by atoms with E-state index in [1.807, 2.05) is 6.07 Å². The summed E-state index contributed by atoms with van der Waals surface area (Å²) in [6.45, 7) is 5.29. The number of carbonyl (C=O) groups is 3. The number of benzene rings is 1. The van der Waals surface area contributed by atoms with Crippen molar-refractivity contribution in [3.8, 4) is 11.5 Å². The van der Waals surface area contributed by atoms with Crippen LogP contribution in [0.25, 0.3) is 0 Å². The van der Waals surface area contributed by atoms with Gasteiger partial charge in [-0.3, -0.25) is 9.59 Å². The Morgan fingerprint density at radius 3 is 2.53 bits per heavy atom. The second-order valence-corrected chi connectivity index (χ2v) is 17.0. The average molecular weight is 774 g/mol. The number of piperidine rings is 2. The quantitative estimate of drug-likeness (QED) is 0.101. The second-order valence-electron chi connectivity index (χ2n) is 17.0. The van der Waals surface area contributed by atoms with Gasteiger partial charge in [0.05, 0.1) is 18.8 Å². The number of ether oxygens (including phenoxy) is 3. The number of aliphatic hydroxyl groups excluding tert-OH is 3. The van der Waals surface area contributed by atoms with Crippen molar-refractivity contribution in [2.75, 3.05) is 39.9 Å². The molecule has 13 heteroatoms. The molecule has 55 heavy (non-hydrogen) atoms. The lowest BCUT2D eigenvalue weighted by molar-refractivity contribution is -0.179. The highest BCUT2D eigenvalue weighted by molar-refractivity contribution is 5.90. The van der Waals surface area contributed by atoms with E-state index >= 15 is 0 Å². The molecule has 0 unspecified atom stereocenters. The van der Waals surface area contributed by atoms with Crippen molar-refractivity contribution >= 4 is 17.8 Å². The summed E-state index contributed by atoms with van der Waals surface area (Å²) in [6.07, 6.45) is 6.69. The third kappa shape index (κ3) is 10.9. The molecule has 13 nitrogen and oxygen atoms in total. The molecule has 3 fully saturated rings. The molecule has 0 spiro atoms. The molecule has 3 aliphatic heterocycles. The van der Waals surface area contributed by atoms with E-state index in [0.717, 1.165) is 30.4 Å². The highest BCUT2D eigenvalue weighted by Crippen LogP contribution is 2.48. The molecule has 0 bridgehead atoms. The summed E-state index contributed by atoms with van der Waals surface area (Å²) < 4.78 is 19.2. The molecule has 1 aliphatic carbocycles. The monoisotopic (exact) mass is 773 g/mol. The van der Waals surface area contributed by atoms with Gasteiger partial charge in [-0.25, -0.2) is 4.79 Å². The molecule has 0 radical (unpaired) electrons. The molecular formula is C42H67N3O10. The Morgan fingerprint density at radius 2 is 1.82 bits per heavy atom. The van der Waals surface area contributed by atoms with Crippen molar-refractivity contribution in [3.63, 3.8) is 0 Å². The zero-order chi connectivity index (χ0) is 39.6. The van der Waals surface area contributed by atoms with E-state index in [4.69, 9.17) is 14.2 Å². The Balaban J connectivity index is 1.58. The van der Waals surface area contributed by atoms with E-state index in [2.05, 4.69) is 16.0 Å². The maximum absolute atomic E-state index is 14.9. The van der Waals surface area contributed by atoms with Crippen LogP contribution in [0.15, 0.2) is 12.1 Å². The molecule has 0 aromatic heterocycles. The molecule has 1 amide bonds. The van der Waals surface area contributed by atoms with Crippen LogP contribution in [0.2, 0.25) is 0 Å². The molecule has 8 atom stereocenters. The Hall–Kier alpha value is -2.97. The fourth-order valence-electron chi connectivity index (χ4n) is 9.91. The molecule has 4 aliphatic rings. The standard InChI is InChI=1S/C42H67N3O10/c1-27(47)7-8-30(9-12-33(49)25-43-3)36(54-28(2)48)23-37(55-40(52)42-16-5-4-6-32(42)11-14-38(51)45-42)41(17-19-44-20-18-41)24-31-10-13-35(50)39-34(31)22-29(15-21-46)26-53-39/h10,13,27,29-30,32-33,36-37,43-44,46-47,49-50H,4-9,11-12,14-26H2,1-3H3,(H,45,51)/t27-,29-,30-,32+,33+,36-,37+,42+/m0/s1. The fraction of sp³-hybridized carbons (Fsp3) is 0.786. The first-order valence-corrected chi connectivity index (χ1v) is 20.9. The molecule has 3 heterocycles. The van der Waals surface area contributed by atoms with Crippen molar-refractivity contribution in [2.24, 2.45) is 23.2 Å². The summed E-state index contributed by atoms with van der Waals surface area (Å²) in [7, 11) is 1.78. The van der Waals surface area contributed by atoms with E-state index < -0.39 is 47.3 Å². The summed E-state index contributed by atoms with van der Waals surface area (Å²) in [6, 6.07) is 3.58. The van der Waals surface area contributed by atoms with Crippen molar-refractivity contribution < 1.29 is 49.0 Å². The van der Waals surface area contributed by atoms with Gasteiger partial charge in [-0.1, -0.05) is 18.9 Å². The number of likely N-dealkylation sites (N-methyl/N-ethyl adjacent to an activating group) is 1. The van der Waals surface area contributed by atoms with Crippen molar-refractivity contribution in [1.82, 2.24) is 16.0 Å². The molecule has 1 saturated carbocycles. The molecule has 1 aromatic carbocycles. The van der Waals surface area contributed by atoms with Crippen molar-refractivity contribution in [2.45, 2.75) is 147 Å². The van der Waals surface area contributed by atoms with Gasteiger partial charge in [-0.2, -0.15) is 0 Å². The van der Waals surface area contributed by atoms with Crippen LogP contribution in [-0.2, 0) is 36.7 Å². The highest BCUT2D eigenvalue weighted by Gasteiger charge is 2.54. The second kappa shape index (κ2) is 19.9. The van der Waals surface area contributed by atoms with Crippen LogP contribution in [0.5, 0.6) is 11.5 Å². The van der Waals surface area contributed by atoms with Crippen LogP contribution in [0, 0.1) is 23.2 Å². The maximum atomic E-state index is 14.9. The Kier molecular flexibility index (Phi) is 15.6. The number of carbonyl (C=O) groups excluding carboxylic acids is 3. The Bertz CT molecular complexity index is 1430. The zero-order valence-corrected chi connectivity index (χ0v) is 33.3. The molecule has 7 N–H and O–H groups in total. The van der Waals surface area contributed by atoms with Gasteiger partial charge in [-0.15, -0.1) is 0 Å². The number of phenols is 1. The SMILES string of the molecule is CNC[C@H](O)CC[C@H](CC[C@H](C)O)[C@H](C[C@@H](OC(=O)[C@@]12CCCC[C@@H]1CCC(=O)N2)C1(Cc2ccc(O)c3c2C[C@H](CCO)CO3)CCNCC1)OC(C)=O. The Labute approximate surface area is 326 Å². The van der Waals surface area contributed by atoms with Crippen LogP contribution in [0.3, 0.4) is 0 Å². The van der Waals surface area contributed by atoms with E-state index in [-0.39, 0.29) is 42.4 Å². The summed E-state index contributed by atoms with van der Waals surface area (Å²) in [5, 5.41) is 51.3. The van der Waals surface area contributed by atoms with Gasteiger partial charge in [0.25, 0.3) is 0 Å². The smallest absolute Gasteiger partial charge is 0.332 e. The number of amides is 1. The molecule has 2 saturated heterocycles. The number of hydrogen-bond acceptors (Lipinski definition) is 12. The molecule has 310 valence electrons. The van der Waals surface area contributed by atoms with Crippen LogP contribution in [-0.4, -0.2) is 108 Å².